The lowest BCUT2D eigenvalue weighted by Crippen LogP contribution is -2.26. The van der Waals surface area contributed by atoms with Crippen LogP contribution in [0.4, 0.5) is 13.2 Å². The van der Waals surface area contributed by atoms with Crippen LogP contribution in [-0.2, 0) is 14.3 Å². The summed E-state index contributed by atoms with van der Waals surface area (Å²) in [6.45, 7) is 1.73. The fraction of sp³-hybridized carbons (Fsp3) is 0.250. The monoisotopic (exact) mass is 360 g/mol. The molecule has 0 aliphatic heterocycles. The summed E-state index contributed by atoms with van der Waals surface area (Å²) in [5.41, 5.74) is 0.409. The Morgan fingerprint density at radius 1 is 1.04 bits per heavy atom. The molecule has 0 spiro atoms. The molecule has 0 bridgehead atoms. The average Bonchev–Trinajstić information content (AvgIpc) is 2.52. The molecule has 0 N–H and O–H groups in total. The molecule has 24 heavy (non-hydrogen) atoms. The van der Waals surface area contributed by atoms with E-state index in [1.54, 1.807) is 6.92 Å². The Balaban J connectivity index is 2.40. The minimum atomic E-state index is -4.91. The minimum Gasteiger partial charge on any atom is -0.497 e. The summed E-state index contributed by atoms with van der Waals surface area (Å²) in [6.07, 6.45) is -7.54. The molecule has 130 valence electrons. The molecule has 0 unspecified atom stereocenters. The maximum Gasteiger partial charge on any atom is 0.420 e. The molecule has 0 amide bonds. The van der Waals surface area contributed by atoms with Crippen molar-refractivity contribution in [1.82, 2.24) is 0 Å². The number of rotatable bonds is 5. The minimum absolute atomic E-state index is 0.165. The third-order valence-corrected chi connectivity index (χ3v) is 4.52. The van der Waals surface area contributed by atoms with E-state index >= 15 is 0 Å². The largest absolute Gasteiger partial charge is 0.497 e. The van der Waals surface area contributed by atoms with Crippen molar-refractivity contribution in [2.24, 2.45) is 0 Å². The third kappa shape index (κ3) is 4.27. The van der Waals surface area contributed by atoms with Gasteiger partial charge in [-0.05, 0) is 36.8 Å². The fourth-order valence-electron chi connectivity index (χ4n) is 1.99. The highest BCUT2D eigenvalue weighted by Crippen LogP contribution is 2.39. The van der Waals surface area contributed by atoms with Gasteiger partial charge in [0.15, 0.2) is 6.10 Å². The SMILES string of the molecule is COc1cccc([C@@H](OS(=O)(=O)c2ccc(C)cc2)C(F)(F)F)c1. The molecule has 0 saturated heterocycles. The predicted octanol–water partition coefficient (Wildman–Crippen LogP) is 4.01. The molecule has 0 aliphatic rings. The van der Waals surface area contributed by atoms with Crippen LogP contribution in [-0.4, -0.2) is 21.7 Å². The van der Waals surface area contributed by atoms with Crippen LogP contribution in [0.1, 0.15) is 17.2 Å². The quantitative estimate of drug-likeness (QED) is 0.756. The van der Waals surface area contributed by atoms with Gasteiger partial charge in [0.1, 0.15) is 5.75 Å². The molecule has 0 saturated carbocycles. The summed E-state index contributed by atoms with van der Waals surface area (Å²) in [7, 11) is -3.29. The van der Waals surface area contributed by atoms with Gasteiger partial charge < -0.3 is 4.74 Å². The second-order valence-corrected chi connectivity index (χ2v) is 6.63. The van der Waals surface area contributed by atoms with E-state index in [0.29, 0.717) is 0 Å². The second kappa shape index (κ2) is 6.82. The van der Waals surface area contributed by atoms with Crippen LogP contribution in [0.15, 0.2) is 53.4 Å². The van der Waals surface area contributed by atoms with Crippen molar-refractivity contribution < 1.29 is 30.5 Å². The van der Waals surface area contributed by atoms with Crippen LogP contribution >= 0.6 is 0 Å². The average molecular weight is 360 g/mol. The van der Waals surface area contributed by atoms with E-state index in [4.69, 9.17) is 4.74 Å². The van der Waals surface area contributed by atoms with Crippen molar-refractivity contribution >= 4 is 10.1 Å². The van der Waals surface area contributed by atoms with Gasteiger partial charge in [-0.1, -0.05) is 29.8 Å². The number of methoxy groups -OCH3 is 1. The molecular formula is C16H15F3O4S. The second-order valence-electron chi connectivity index (χ2n) is 5.06. The Kier molecular flexibility index (Phi) is 5.19. The van der Waals surface area contributed by atoms with Crippen molar-refractivity contribution in [3.8, 4) is 5.75 Å². The highest BCUT2D eigenvalue weighted by Gasteiger charge is 2.45. The van der Waals surface area contributed by atoms with E-state index in [2.05, 4.69) is 4.18 Å². The molecule has 8 heteroatoms. The van der Waals surface area contributed by atoms with Crippen molar-refractivity contribution in [3.05, 3.63) is 59.7 Å². The zero-order valence-corrected chi connectivity index (χ0v) is 13.7. The Bertz CT molecular complexity index is 799. The number of halogens is 3. The lowest BCUT2D eigenvalue weighted by molar-refractivity contribution is -0.196. The summed E-state index contributed by atoms with van der Waals surface area (Å²) in [5.74, 6) is 0.165. The molecule has 4 nitrogen and oxygen atoms in total. The summed E-state index contributed by atoms with van der Waals surface area (Å²) in [4.78, 5) is -0.342. The van der Waals surface area contributed by atoms with E-state index in [1.165, 1.54) is 43.5 Å². The van der Waals surface area contributed by atoms with E-state index in [0.717, 1.165) is 17.7 Å². The molecule has 0 fully saturated rings. The molecule has 0 heterocycles. The summed E-state index contributed by atoms with van der Waals surface area (Å²) >= 11 is 0. The van der Waals surface area contributed by atoms with Gasteiger partial charge in [-0.2, -0.15) is 21.6 Å². The Labute approximate surface area is 138 Å². The van der Waals surface area contributed by atoms with Crippen molar-refractivity contribution in [1.29, 1.82) is 0 Å². The zero-order chi connectivity index (χ0) is 18.0. The van der Waals surface area contributed by atoms with Crippen LogP contribution in [0.2, 0.25) is 0 Å². The first-order valence-electron chi connectivity index (χ1n) is 6.84. The number of hydrogen-bond donors (Lipinski definition) is 0. The summed E-state index contributed by atoms with van der Waals surface area (Å²) < 4.78 is 73.7. The van der Waals surface area contributed by atoms with Gasteiger partial charge in [0.05, 0.1) is 12.0 Å². The van der Waals surface area contributed by atoms with Gasteiger partial charge in [-0.15, -0.1) is 0 Å². The van der Waals surface area contributed by atoms with Crippen LogP contribution in [0.5, 0.6) is 5.75 Å². The lowest BCUT2D eigenvalue weighted by atomic mass is 10.1. The first kappa shape index (κ1) is 18.3. The van der Waals surface area contributed by atoms with Crippen molar-refractivity contribution in [2.45, 2.75) is 24.1 Å². The first-order valence-corrected chi connectivity index (χ1v) is 8.25. The van der Waals surface area contributed by atoms with Gasteiger partial charge in [-0.3, -0.25) is 0 Å². The molecule has 0 aromatic heterocycles. The highest BCUT2D eigenvalue weighted by atomic mass is 32.2. The topological polar surface area (TPSA) is 52.6 Å². The number of aryl methyl sites for hydroxylation is 1. The maximum atomic E-state index is 13.3. The van der Waals surface area contributed by atoms with Gasteiger partial charge >= 0.3 is 6.18 Å². The Hall–Kier alpha value is -2.06. The number of alkyl halides is 3. The highest BCUT2D eigenvalue weighted by molar-refractivity contribution is 7.86. The van der Waals surface area contributed by atoms with Crippen LogP contribution < -0.4 is 4.74 Å². The number of ether oxygens (including phenoxy) is 1. The lowest BCUT2D eigenvalue weighted by Gasteiger charge is -2.21. The summed E-state index contributed by atoms with van der Waals surface area (Å²) in [6, 6.07) is 10.3. The normalized spacial score (nSPS) is 13.5. The van der Waals surface area contributed by atoms with Crippen molar-refractivity contribution in [3.63, 3.8) is 0 Å². The van der Waals surface area contributed by atoms with E-state index in [1.807, 2.05) is 0 Å². The molecule has 2 rings (SSSR count). The van der Waals surface area contributed by atoms with Gasteiger partial charge in [-0.25, -0.2) is 4.18 Å². The Morgan fingerprint density at radius 2 is 1.67 bits per heavy atom. The van der Waals surface area contributed by atoms with Crippen LogP contribution in [0, 0.1) is 6.92 Å². The van der Waals surface area contributed by atoms with Crippen LogP contribution in [0.25, 0.3) is 0 Å². The molecule has 1 atom stereocenters. The number of hydrogen-bond acceptors (Lipinski definition) is 4. The van der Waals surface area contributed by atoms with Gasteiger partial charge in [0.2, 0.25) is 0 Å². The zero-order valence-electron chi connectivity index (χ0n) is 12.9. The van der Waals surface area contributed by atoms with Gasteiger partial charge in [0, 0.05) is 0 Å². The van der Waals surface area contributed by atoms with E-state index < -0.39 is 22.4 Å². The molecule has 0 aliphatic carbocycles. The molecule has 0 radical (unpaired) electrons. The molecular weight excluding hydrogens is 345 g/mol. The van der Waals surface area contributed by atoms with Gasteiger partial charge in [0.25, 0.3) is 10.1 Å². The van der Waals surface area contributed by atoms with Crippen molar-refractivity contribution in [2.75, 3.05) is 7.11 Å². The van der Waals surface area contributed by atoms with E-state index in [9.17, 15) is 21.6 Å². The molecule has 2 aromatic carbocycles. The predicted molar refractivity (Wildman–Crippen MR) is 81.2 cm³/mol. The smallest absolute Gasteiger partial charge is 0.420 e. The standard InChI is InChI=1S/C16H15F3O4S/c1-11-6-8-14(9-7-11)24(20,21)23-15(16(17,18)19)12-4-3-5-13(10-12)22-2/h3-10,15H,1-2H3/t15-/m1/s1. The first-order chi connectivity index (χ1) is 11.1. The number of benzene rings is 2. The van der Waals surface area contributed by atoms with Crippen LogP contribution in [0.3, 0.4) is 0 Å². The fourth-order valence-corrected chi connectivity index (χ4v) is 3.04. The third-order valence-electron chi connectivity index (χ3n) is 3.23. The Morgan fingerprint density at radius 3 is 2.21 bits per heavy atom. The molecule has 2 aromatic rings. The summed E-state index contributed by atoms with van der Waals surface area (Å²) in [5, 5.41) is 0. The maximum absolute atomic E-state index is 13.3. The van der Waals surface area contributed by atoms with E-state index in [-0.39, 0.29) is 16.2 Å².